The molecule has 2 heterocycles. The van der Waals surface area contributed by atoms with Crippen LogP contribution < -0.4 is 10.6 Å². The normalized spacial score (nSPS) is 15.9. The lowest BCUT2D eigenvalue weighted by atomic mass is 10.1. The first-order valence-corrected chi connectivity index (χ1v) is 11.7. The molecular weight excluding hydrogens is 489 g/mol. The van der Waals surface area contributed by atoms with Gasteiger partial charge in [-0.15, -0.1) is 11.3 Å². The highest BCUT2D eigenvalue weighted by molar-refractivity contribution is 7.14. The molecule has 3 aromatic rings. The van der Waals surface area contributed by atoms with Crippen molar-refractivity contribution < 1.29 is 22.8 Å². The molecule has 0 aliphatic carbocycles. The van der Waals surface area contributed by atoms with E-state index in [2.05, 4.69) is 15.6 Å². The second kappa shape index (κ2) is 10.0. The third kappa shape index (κ3) is 5.51. The zero-order chi connectivity index (χ0) is 24.3. The summed E-state index contributed by atoms with van der Waals surface area (Å²) in [5, 5.41) is 8.34. The smallest absolute Gasteiger partial charge is 0.350 e. The van der Waals surface area contributed by atoms with Gasteiger partial charge in [0.05, 0.1) is 16.3 Å². The fourth-order valence-corrected chi connectivity index (χ4v) is 4.58. The fraction of sp³-hybridized carbons (Fsp3) is 0.261. The molecule has 1 aliphatic rings. The summed E-state index contributed by atoms with van der Waals surface area (Å²) in [5.41, 5.74) is 0.415. The average Bonchev–Trinajstić information content (AvgIpc) is 3.48. The Labute approximate surface area is 202 Å². The number of para-hydroxylation sites is 1. The first-order chi connectivity index (χ1) is 16.2. The van der Waals surface area contributed by atoms with Crippen LogP contribution in [0.1, 0.15) is 34.5 Å². The van der Waals surface area contributed by atoms with E-state index in [-0.39, 0.29) is 18.1 Å². The minimum atomic E-state index is -4.46. The van der Waals surface area contributed by atoms with Crippen LogP contribution in [0.5, 0.6) is 0 Å². The van der Waals surface area contributed by atoms with Crippen LogP contribution in [0.25, 0.3) is 0 Å². The number of nitrogens with one attached hydrogen (secondary N) is 2. The summed E-state index contributed by atoms with van der Waals surface area (Å²) in [6.07, 6.45) is -3.35. The summed E-state index contributed by atoms with van der Waals surface area (Å²) in [5.74, 6) is -0.784. The molecule has 0 radical (unpaired) electrons. The summed E-state index contributed by atoms with van der Waals surface area (Å²) in [6.45, 7) is 0.329. The molecule has 1 aliphatic heterocycles. The first-order valence-electron chi connectivity index (χ1n) is 10.4. The van der Waals surface area contributed by atoms with Gasteiger partial charge in [0, 0.05) is 18.5 Å². The monoisotopic (exact) mass is 508 g/mol. The van der Waals surface area contributed by atoms with E-state index in [1.165, 1.54) is 28.4 Å². The molecule has 0 bridgehead atoms. The van der Waals surface area contributed by atoms with Crippen LogP contribution in [0.2, 0.25) is 5.02 Å². The van der Waals surface area contributed by atoms with Crippen LogP contribution in [0.3, 0.4) is 0 Å². The number of carbonyl (C=O) groups excluding carboxylic acids is 2. The van der Waals surface area contributed by atoms with Crippen LogP contribution in [0.15, 0.2) is 53.9 Å². The summed E-state index contributed by atoms with van der Waals surface area (Å²) in [7, 11) is 0. The maximum atomic E-state index is 13.0. The number of alkyl halides is 3. The highest BCUT2D eigenvalue weighted by Crippen LogP contribution is 2.30. The quantitative estimate of drug-likeness (QED) is 0.462. The van der Waals surface area contributed by atoms with Crippen molar-refractivity contribution in [2.24, 2.45) is 0 Å². The van der Waals surface area contributed by atoms with Crippen molar-refractivity contribution in [3.63, 3.8) is 0 Å². The fourth-order valence-electron chi connectivity index (χ4n) is 3.70. The third-order valence-electron chi connectivity index (χ3n) is 5.38. The topological polar surface area (TPSA) is 74.3 Å². The molecule has 1 saturated heterocycles. The van der Waals surface area contributed by atoms with Gasteiger partial charge in [0.2, 0.25) is 5.91 Å². The SMILES string of the molecule is O=C(NCc1cccc(C(F)(F)F)c1)[C@@H]1CCCN1C(=O)c1csc(Nc2ccccc2Cl)n1. The molecule has 0 saturated carbocycles. The molecule has 1 fully saturated rings. The minimum Gasteiger partial charge on any atom is -0.350 e. The molecule has 0 spiro atoms. The minimum absolute atomic E-state index is 0.0656. The maximum absolute atomic E-state index is 13.0. The van der Waals surface area contributed by atoms with Gasteiger partial charge >= 0.3 is 6.18 Å². The lowest BCUT2D eigenvalue weighted by molar-refractivity contribution is -0.137. The van der Waals surface area contributed by atoms with Gasteiger partial charge in [0.25, 0.3) is 5.91 Å². The Morgan fingerprint density at radius 1 is 1.18 bits per heavy atom. The summed E-state index contributed by atoms with van der Waals surface area (Å²) < 4.78 is 38.7. The summed E-state index contributed by atoms with van der Waals surface area (Å²) in [4.78, 5) is 31.6. The Morgan fingerprint density at radius 2 is 1.97 bits per heavy atom. The number of nitrogens with zero attached hydrogens (tertiary/aromatic N) is 2. The van der Waals surface area contributed by atoms with E-state index < -0.39 is 23.7 Å². The molecular formula is C23H20ClF3N4O2S. The maximum Gasteiger partial charge on any atom is 0.416 e. The molecule has 178 valence electrons. The Kier molecular flexibility index (Phi) is 7.08. The van der Waals surface area contributed by atoms with Crippen molar-refractivity contribution in [3.05, 3.63) is 75.8 Å². The van der Waals surface area contributed by atoms with Gasteiger partial charge in [0.15, 0.2) is 5.13 Å². The second-order valence-electron chi connectivity index (χ2n) is 7.72. The predicted octanol–water partition coefficient (Wildman–Crippen LogP) is 5.48. The van der Waals surface area contributed by atoms with E-state index >= 15 is 0 Å². The Hall–Kier alpha value is -3.11. The number of rotatable bonds is 6. The number of thiazole rings is 1. The van der Waals surface area contributed by atoms with Gasteiger partial charge < -0.3 is 15.5 Å². The first kappa shape index (κ1) is 24.0. The van der Waals surface area contributed by atoms with Crippen LogP contribution in [-0.4, -0.2) is 34.3 Å². The average molecular weight is 509 g/mol. The van der Waals surface area contributed by atoms with E-state index in [1.807, 2.05) is 6.07 Å². The number of likely N-dealkylation sites (tertiary alicyclic amines) is 1. The standard InChI is InChI=1S/C23H20ClF3N4O2S/c24-16-7-1-2-8-17(16)29-22-30-18(13-34-22)21(33)31-10-4-9-19(31)20(32)28-12-14-5-3-6-15(11-14)23(25,26)27/h1-3,5-8,11,13,19H,4,9-10,12H2,(H,28,32)(H,29,30)/t19-/m0/s1. The largest absolute Gasteiger partial charge is 0.416 e. The van der Waals surface area contributed by atoms with E-state index in [4.69, 9.17) is 11.6 Å². The number of amides is 2. The molecule has 2 amide bonds. The lowest BCUT2D eigenvalue weighted by Gasteiger charge is -2.23. The number of hydrogen-bond donors (Lipinski definition) is 2. The number of aromatic nitrogens is 1. The van der Waals surface area contributed by atoms with Crippen molar-refractivity contribution in [1.29, 1.82) is 0 Å². The third-order valence-corrected chi connectivity index (χ3v) is 6.46. The van der Waals surface area contributed by atoms with Crippen molar-refractivity contribution in [2.75, 3.05) is 11.9 Å². The molecule has 1 aromatic heterocycles. The molecule has 11 heteroatoms. The summed E-state index contributed by atoms with van der Waals surface area (Å²) >= 11 is 7.38. The van der Waals surface area contributed by atoms with Crippen molar-refractivity contribution >= 4 is 45.6 Å². The van der Waals surface area contributed by atoms with E-state index in [9.17, 15) is 22.8 Å². The molecule has 34 heavy (non-hydrogen) atoms. The Morgan fingerprint density at radius 3 is 2.74 bits per heavy atom. The Bertz CT molecular complexity index is 1200. The van der Waals surface area contributed by atoms with E-state index in [0.717, 1.165) is 12.1 Å². The Balaban J connectivity index is 1.39. The van der Waals surface area contributed by atoms with E-state index in [0.29, 0.717) is 40.8 Å². The number of hydrogen-bond acceptors (Lipinski definition) is 5. The zero-order valence-electron chi connectivity index (χ0n) is 17.7. The zero-order valence-corrected chi connectivity index (χ0v) is 19.3. The van der Waals surface area contributed by atoms with Crippen LogP contribution in [0, 0.1) is 0 Å². The second-order valence-corrected chi connectivity index (χ2v) is 8.98. The molecule has 2 N–H and O–H groups in total. The van der Waals surface area contributed by atoms with Gasteiger partial charge in [-0.2, -0.15) is 13.2 Å². The van der Waals surface area contributed by atoms with E-state index in [1.54, 1.807) is 23.6 Å². The highest BCUT2D eigenvalue weighted by Gasteiger charge is 2.35. The molecule has 2 aromatic carbocycles. The van der Waals surface area contributed by atoms with Gasteiger partial charge in [-0.3, -0.25) is 9.59 Å². The molecule has 0 unspecified atom stereocenters. The van der Waals surface area contributed by atoms with Gasteiger partial charge in [0.1, 0.15) is 11.7 Å². The summed E-state index contributed by atoms with van der Waals surface area (Å²) in [6, 6.07) is 11.2. The number of anilines is 2. The van der Waals surface area contributed by atoms with Crippen LogP contribution in [0.4, 0.5) is 24.0 Å². The predicted molar refractivity (Wildman–Crippen MR) is 124 cm³/mol. The number of carbonyl (C=O) groups is 2. The lowest BCUT2D eigenvalue weighted by Crippen LogP contribution is -2.45. The molecule has 1 atom stereocenters. The van der Waals surface area contributed by atoms with Crippen molar-refractivity contribution in [3.8, 4) is 0 Å². The van der Waals surface area contributed by atoms with Crippen molar-refractivity contribution in [2.45, 2.75) is 31.6 Å². The number of halogens is 4. The molecule has 6 nitrogen and oxygen atoms in total. The van der Waals surface area contributed by atoms with Gasteiger partial charge in [-0.1, -0.05) is 35.9 Å². The molecule has 4 rings (SSSR count). The van der Waals surface area contributed by atoms with Crippen molar-refractivity contribution in [1.82, 2.24) is 15.2 Å². The number of benzene rings is 2. The van der Waals surface area contributed by atoms with Crippen LogP contribution >= 0.6 is 22.9 Å². The highest BCUT2D eigenvalue weighted by atomic mass is 35.5. The van der Waals surface area contributed by atoms with Gasteiger partial charge in [-0.25, -0.2) is 4.98 Å². The van der Waals surface area contributed by atoms with Gasteiger partial charge in [-0.05, 0) is 42.7 Å². The van der Waals surface area contributed by atoms with Crippen LogP contribution in [-0.2, 0) is 17.5 Å².